The Morgan fingerprint density at radius 2 is 1.88 bits per heavy atom. The van der Waals surface area contributed by atoms with Gasteiger partial charge in [0.05, 0.1) is 4.32 Å². The van der Waals surface area contributed by atoms with Crippen LogP contribution in [-0.2, 0) is 11.2 Å². The van der Waals surface area contributed by atoms with Crippen LogP contribution < -0.4 is 5.32 Å². The zero-order chi connectivity index (χ0) is 12.7. The number of hydrogen-bond acceptors (Lipinski definition) is 1. The lowest BCUT2D eigenvalue weighted by Gasteiger charge is -2.15. The van der Waals surface area contributed by atoms with Gasteiger partial charge in [-0.2, -0.15) is 0 Å². The van der Waals surface area contributed by atoms with Crippen LogP contribution in [-0.4, -0.2) is 16.8 Å². The average molecular weight is 298 g/mol. The molecule has 0 aliphatic heterocycles. The van der Waals surface area contributed by atoms with Crippen LogP contribution in [0, 0.1) is 0 Å². The summed E-state index contributed by atoms with van der Waals surface area (Å²) in [6.07, 6.45) is 3.20. The van der Waals surface area contributed by atoms with Crippen LogP contribution >= 0.6 is 15.9 Å². The van der Waals surface area contributed by atoms with Crippen molar-refractivity contribution in [2.45, 2.75) is 37.4 Å². The molecule has 1 N–H and O–H groups in total. The van der Waals surface area contributed by atoms with Gasteiger partial charge in [0.25, 0.3) is 0 Å². The van der Waals surface area contributed by atoms with E-state index in [1.54, 1.807) is 0 Å². The molecule has 0 bridgehead atoms. The van der Waals surface area contributed by atoms with Gasteiger partial charge in [-0.05, 0) is 38.7 Å². The van der Waals surface area contributed by atoms with E-state index >= 15 is 0 Å². The highest BCUT2D eigenvalue weighted by molar-refractivity contribution is 9.10. The van der Waals surface area contributed by atoms with E-state index in [0.29, 0.717) is 0 Å². The number of carbonyl (C=O) groups excluding carboxylic acids is 1. The summed E-state index contributed by atoms with van der Waals surface area (Å²) >= 11 is 3.34. The fourth-order valence-electron chi connectivity index (χ4n) is 1.51. The molecular weight excluding hydrogens is 278 g/mol. The van der Waals surface area contributed by atoms with Gasteiger partial charge in [0, 0.05) is 6.54 Å². The summed E-state index contributed by atoms with van der Waals surface area (Å²) in [5.41, 5.74) is 1.36. The van der Waals surface area contributed by atoms with Crippen molar-refractivity contribution >= 4 is 21.8 Å². The summed E-state index contributed by atoms with van der Waals surface area (Å²) in [5.74, 6) is 0.0530. The number of carbonyl (C=O) groups is 1. The fraction of sp³-hybridized carbons (Fsp3) is 0.500. The molecule has 1 rings (SSSR count). The molecule has 1 aromatic rings. The first-order valence-corrected chi connectivity index (χ1v) is 6.80. The molecule has 0 heterocycles. The van der Waals surface area contributed by atoms with Crippen molar-refractivity contribution < 1.29 is 4.79 Å². The Hall–Kier alpha value is -0.830. The summed E-state index contributed by atoms with van der Waals surface area (Å²) in [6, 6.07) is 10.4. The van der Waals surface area contributed by atoms with Crippen molar-refractivity contribution in [1.82, 2.24) is 5.32 Å². The van der Waals surface area contributed by atoms with Gasteiger partial charge in [-0.1, -0.05) is 46.3 Å². The van der Waals surface area contributed by atoms with Crippen molar-refractivity contribution in [3.63, 3.8) is 0 Å². The van der Waals surface area contributed by atoms with Gasteiger partial charge < -0.3 is 5.32 Å². The largest absolute Gasteiger partial charge is 0.355 e. The van der Waals surface area contributed by atoms with Gasteiger partial charge in [0.2, 0.25) is 5.91 Å². The van der Waals surface area contributed by atoms with Crippen molar-refractivity contribution in [3.8, 4) is 0 Å². The summed E-state index contributed by atoms with van der Waals surface area (Å²) in [5, 5.41) is 2.92. The van der Waals surface area contributed by atoms with E-state index in [-0.39, 0.29) is 5.91 Å². The molecule has 94 valence electrons. The molecule has 1 aromatic carbocycles. The van der Waals surface area contributed by atoms with E-state index < -0.39 is 4.32 Å². The van der Waals surface area contributed by atoms with Gasteiger partial charge in [-0.15, -0.1) is 0 Å². The first-order chi connectivity index (χ1) is 8.00. The molecule has 17 heavy (non-hydrogen) atoms. The topological polar surface area (TPSA) is 29.1 Å². The third-order valence-corrected chi connectivity index (χ3v) is 2.92. The number of benzene rings is 1. The van der Waals surface area contributed by atoms with Crippen LogP contribution in [0.25, 0.3) is 0 Å². The maximum atomic E-state index is 11.5. The normalized spacial score (nSPS) is 11.2. The SMILES string of the molecule is CC(C)(Br)C(=O)NCCCCc1ccccc1. The van der Waals surface area contributed by atoms with Crippen LogP contribution in [0.1, 0.15) is 32.3 Å². The predicted molar refractivity (Wildman–Crippen MR) is 75.4 cm³/mol. The Bertz CT molecular complexity index is 343. The summed E-state index contributed by atoms with van der Waals surface area (Å²) in [7, 11) is 0. The minimum Gasteiger partial charge on any atom is -0.355 e. The lowest BCUT2D eigenvalue weighted by Crippen LogP contribution is -2.37. The molecule has 0 aromatic heterocycles. The van der Waals surface area contributed by atoms with Gasteiger partial charge in [-0.3, -0.25) is 4.79 Å². The Kier molecular flexibility index (Phi) is 5.69. The van der Waals surface area contributed by atoms with Crippen LogP contribution in [0.2, 0.25) is 0 Å². The average Bonchev–Trinajstić information content (AvgIpc) is 2.28. The van der Waals surface area contributed by atoms with Gasteiger partial charge in [-0.25, -0.2) is 0 Å². The number of nitrogens with one attached hydrogen (secondary N) is 1. The molecule has 0 atom stereocenters. The minimum atomic E-state index is -0.466. The molecule has 1 amide bonds. The fourth-order valence-corrected chi connectivity index (χ4v) is 1.65. The minimum absolute atomic E-state index is 0.0530. The number of hydrogen-bond donors (Lipinski definition) is 1. The second kappa shape index (κ2) is 6.80. The Labute approximate surface area is 112 Å². The first-order valence-electron chi connectivity index (χ1n) is 6.01. The zero-order valence-electron chi connectivity index (χ0n) is 10.5. The quantitative estimate of drug-likeness (QED) is 0.633. The molecular formula is C14H20BrNO. The van der Waals surface area contributed by atoms with E-state index in [2.05, 4.69) is 45.5 Å². The molecule has 0 saturated heterocycles. The van der Waals surface area contributed by atoms with E-state index in [9.17, 15) is 4.79 Å². The van der Waals surface area contributed by atoms with E-state index in [1.807, 2.05) is 19.9 Å². The second-order valence-corrected chi connectivity index (χ2v) is 6.65. The number of unbranched alkanes of at least 4 members (excludes halogenated alkanes) is 1. The maximum Gasteiger partial charge on any atom is 0.236 e. The highest BCUT2D eigenvalue weighted by Gasteiger charge is 2.22. The van der Waals surface area contributed by atoms with Crippen molar-refractivity contribution in [2.75, 3.05) is 6.54 Å². The van der Waals surface area contributed by atoms with Crippen LogP contribution in [0.15, 0.2) is 30.3 Å². The summed E-state index contributed by atoms with van der Waals surface area (Å²) < 4.78 is -0.466. The van der Waals surface area contributed by atoms with Gasteiger partial charge in [0.15, 0.2) is 0 Å². The van der Waals surface area contributed by atoms with Crippen LogP contribution in [0.4, 0.5) is 0 Å². The number of rotatable bonds is 6. The molecule has 0 spiro atoms. The van der Waals surface area contributed by atoms with Crippen molar-refractivity contribution in [2.24, 2.45) is 0 Å². The summed E-state index contributed by atoms with van der Waals surface area (Å²) in [4.78, 5) is 11.5. The van der Waals surface area contributed by atoms with E-state index in [0.717, 1.165) is 25.8 Å². The number of alkyl halides is 1. The molecule has 0 radical (unpaired) electrons. The highest BCUT2D eigenvalue weighted by atomic mass is 79.9. The molecule has 3 heteroatoms. The molecule has 0 fully saturated rings. The second-order valence-electron chi connectivity index (χ2n) is 4.67. The third kappa shape index (κ3) is 5.87. The zero-order valence-corrected chi connectivity index (χ0v) is 12.1. The van der Waals surface area contributed by atoms with Gasteiger partial charge in [0.1, 0.15) is 0 Å². The maximum absolute atomic E-state index is 11.5. The molecule has 2 nitrogen and oxygen atoms in total. The molecule has 0 unspecified atom stereocenters. The molecule has 0 aliphatic rings. The number of amides is 1. The van der Waals surface area contributed by atoms with Crippen molar-refractivity contribution in [1.29, 1.82) is 0 Å². The molecule has 0 saturated carbocycles. The van der Waals surface area contributed by atoms with E-state index in [1.165, 1.54) is 5.56 Å². The Balaban J connectivity index is 2.12. The number of aryl methyl sites for hydroxylation is 1. The van der Waals surface area contributed by atoms with E-state index in [4.69, 9.17) is 0 Å². The van der Waals surface area contributed by atoms with Gasteiger partial charge >= 0.3 is 0 Å². The molecule has 0 aliphatic carbocycles. The first kappa shape index (κ1) is 14.2. The Morgan fingerprint density at radius 1 is 1.24 bits per heavy atom. The standard InChI is InChI=1S/C14H20BrNO/c1-14(2,15)13(17)16-11-7-6-10-12-8-4-3-5-9-12/h3-5,8-9H,6-7,10-11H2,1-2H3,(H,16,17). The lowest BCUT2D eigenvalue weighted by molar-refractivity contribution is -0.122. The number of halogens is 1. The van der Waals surface area contributed by atoms with Crippen LogP contribution in [0.5, 0.6) is 0 Å². The third-order valence-electron chi connectivity index (χ3n) is 2.56. The van der Waals surface area contributed by atoms with Crippen LogP contribution in [0.3, 0.4) is 0 Å². The lowest BCUT2D eigenvalue weighted by atomic mass is 10.1. The predicted octanol–water partition coefficient (Wildman–Crippen LogP) is 3.30. The Morgan fingerprint density at radius 3 is 2.47 bits per heavy atom. The highest BCUT2D eigenvalue weighted by Crippen LogP contribution is 2.15. The smallest absolute Gasteiger partial charge is 0.236 e. The van der Waals surface area contributed by atoms with Crippen molar-refractivity contribution in [3.05, 3.63) is 35.9 Å². The monoisotopic (exact) mass is 297 g/mol. The summed E-state index contributed by atoms with van der Waals surface area (Å²) in [6.45, 7) is 4.46.